The number of halogens is 1. The lowest BCUT2D eigenvalue weighted by Crippen LogP contribution is -2.28. The second-order valence-electron chi connectivity index (χ2n) is 9.60. The van der Waals surface area contributed by atoms with Gasteiger partial charge in [-0.05, 0) is 79.9 Å². The van der Waals surface area contributed by atoms with E-state index in [1.807, 2.05) is 12.1 Å². The van der Waals surface area contributed by atoms with E-state index < -0.39 is 13.0 Å². The Hall–Kier alpha value is -1.21. The second-order valence-corrected chi connectivity index (χ2v) is 9.60. The Kier molecular flexibility index (Phi) is 10.2. The van der Waals surface area contributed by atoms with Crippen LogP contribution in [0, 0.1) is 17.8 Å². The molecule has 32 heavy (non-hydrogen) atoms. The molecule has 0 aliphatic heterocycles. The molecule has 6 atom stereocenters. The SMILES string of the molecule is CCCCC[C@@H](O)CC[C@@H]1[C@H]2Cc3cccc(OCC(O)OCCCF)c3C[C@H]2C[C@H]1O. The Bertz CT molecular complexity index is 684. The van der Waals surface area contributed by atoms with Crippen LogP contribution in [0.1, 0.15) is 69.4 Å². The van der Waals surface area contributed by atoms with Gasteiger partial charge in [0.1, 0.15) is 12.4 Å². The summed E-state index contributed by atoms with van der Waals surface area (Å²) >= 11 is 0. The quantitative estimate of drug-likeness (QED) is 0.291. The summed E-state index contributed by atoms with van der Waals surface area (Å²) in [6.07, 6.45) is 7.10. The number of hydrogen-bond acceptors (Lipinski definition) is 5. The molecule has 0 bridgehead atoms. The third-order valence-electron chi connectivity index (χ3n) is 7.29. The topological polar surface area (TPSA) is 79.2 Å². The highest BCUT2D eigenvalue weighted by molar-refractivity contribution is 5.43. The highest BCUT2D eigenvalue weighted by atomic mass is 19.1. The standard InChI is InChI=1S/C26H41FO5/c1-2-3-4-8-20(28)10-11-21-22-14-18-7-5-9-25(23(18)15-19(22)16-24(21)29)32-17-26(30)31-13-6-12-27/h5,7,9,19-22,24,26,28-30H,2-4,6,8,10-17H2,1H3/t19-,20+,21+,22-,24+,26?/m0/s1. The van der Waals surface area contributed by atoms with Crippen LogP contribution in [0.15, 0.2) is 18.2 Å². The van der Waals surface area contributed by atoms with Crippen molar-refractivity contribution in [3.63, 3.8) is 0 Å². The van der Waals surface area contributed by atoms with E-state index in [2.05, 4.69) is 13.0 Å². The zero-order chi connectivity index (χ0) is 22.9. The van der Waals surface area contributed by atoms with Gasteiger partial charge in [0, 0.05) is 0 Å². The summed E-state index contributed by atoms with van der Waals surface area (Å²) in [5.74, 6) is 1.85. The van der Waals surface area contributed by atoms with Gasteiger partial charge in [-0.15, -0.1) is 0 Å². The minimum absolute atomic E-state index is 0.0119. The Morgan fingerprint density at radius 2 is 1.97 bits per heavy atom. The predicted octanol–water partition coefficient (Wildman–Crippen LogP) is 4.19. The van der Waals surface area contributed by atoms with Crippen molar-refractivity contribution >= 4 is 0 Å². The average Bonchev–Trinajstić information content (AvgIpc) is 3.09. The van der Waals surface area contributed by atoms with Crippen LogP contribution in [0.4, 0.5) is 4.39 Å². The van der Waals surface area contributed by atoms with Crippen LogP contribution in [-0.2, 0) is 17.6 Å². The fourth-order valence-electron chi connectivity index (χ4n) is 5.58. The highest BCUT2D eigenvalue weighted by Crippen LogP contribution is 2.48. The Labute approximate surface area is 191 Å². The molecule has 1 aromatic carbocycles. The molecule has 3 rings (SSSR count). The van der Waals surface area contributed by atoms with E-state index in [1.54, 1.807) is 0 Å². The van der Waals surface area contributed by atoms with Gasteiger partial charge >= 0.3 is 0 Å². The van der Waals surface area contributed by atoms with Gasteiger partial charge in [-0.2, -0.15) is 0 Å². The van der Waals surface area contributed by atoms with E-state index in [4.69, 9.17) is 9.47 Å². The molecule has 0 amide bonds. The lowest BCUT2D eigenvalue weighted by atomic mass is 9.73. The van der Waals surface area contributed by atoms with Crippen LogP contribution in [-0.4, -0.2) is 53.7 Å². The zero-order valence-electron chi connectivity index (χ0n) is 19.4. The number of aliphatic hydroxyl groups excluding tert-OH is 3. The number of rotatable bonds is 14. The van der Waals surface area contributed by atoms with Crippen molar-refractivity contribution < 1.29 is 29.2 Å². The lowest BCUT2D eigenvalue weighted by molar-refractivity contribution is -0.120. The second kappa shape index (κ2) is 12.9. The van der Waals surface area contributed by atoms with E-state index in [9.17, 15) is 19.7 Å². The first-order valence-electron chi connectivity index (χ1n) is 12.5. The molecule has 1 fully saturated rings. The summed E-state index contributed by atoms with van der Waals surface area (Å²) in [6.45, 7) is 1.89. The molecule has 0 heterocycles. The van der Waals surface area contributed by atoms with Crippen LogP contribution in [0.2, 0.25) is 0 Å². The lowest BCUT2D eigenvalue weighted by Gasteiger charge is -2.32. The van der Waals surface area contributed by atoms with Crippen LogP contribution >= 0.6 is 0 Å². The molecule has 1 unspecified atom stereocenters. The van der Waals surface area contributed by atoms with Gasteiger partial charge in [0.2, 0.25) is 0 Å². The van der Waals surface area contributed by atoms with Crippen molar-refractivity contribution in [2.45, 2.75) is 89.6 Å². The predicted molar refractivity (Wildman–Crippen MR) is 122 cm³/mol. The molecule has 5 nitrogen and oxygen atoms in total. The minimum atomic E-state index is -1.07. The molecule has 2 aliphatic rings. The molecule has 3 N–H and O–H groups in total. The van der Waals surface area contributed by atoms with Crippen LogP contribution in [0.5, 0.6) is 5.75 Å². The van der Waals surface area contributed by atoms with E-state index in [0.29, 0.717) is 11.8 Å². The third-order valence-corrected chi connectivity index (χ3v) is 7.29. The molecule has 2 aliphatic carbocycles. The summed E-state index contributed by atoms with van der Waals surface area (Å²) in [7, 11) is 0. The molecule has 0 saturated heterocycles. The number of ether oxygens (including phenoxy) is 2. The number of aliphatic hydroxyl groups is 3. The number of unbranched alkanes of at least 4 members (excludes halogenated alkanes) is 2. The van der Waals surface area contributed by atoms with Gasteiger partial charge in [-0.25, -0.2) is 0 Å². The monoisotopic (exact) mass is 452 g/mol. The van der Waals surface area contributed by atoms with Gasteiger partial charge < -0.3 is 24.8 Å². The minimum Gasteiger partial charge on any atom is -0.488 e. The Morgan fingerprint density at radius 3 is 2.75 bits per heavy atom. The van der Waals surface area contributed by atoms with Gasteiger partial charge in [0.05, 0.1) is 25.5 Å². The summed E-state index contributed by atoms with van der Waals surface area (Å²) in [5, 5.41) is 31.0. The molecule has 0 spiro atoms. The molecule has 182 valence electrons. The Balaban J connectivity index is 1.56. The molecule has 0 aromatic heterocycles. The van der Waals surface area contributed by atoms with E-state index in [1.165, 1.54) is 5.56 Å². The largest absolute Gasteiger partial charge is 0.488 e. The first-order chi connectivity index (χ1) is 15.5. The normalized spacial score (nSPS) is 26.4. The van der Waals surface area contributed by atoms with Crippen LogP contribution in [0.25, 0.3) is 0 Å². The van der Waals surface area contributed by atoms with Crippen molar-refractivity contribution in [3.8, 4) is 5.75 Å². The van der Waals surface area contributed by atoms with Gasteiger partial charge in [-0.3, -0.25) is 4.39 Å². The summed E-state index contributed by atoms with van der Waals surface area (Å²) in [4.78, 5) is 0. The van der Waals surface area contributed by atoms with Crippen molar-refractivity contribution in [1.29, 1.82) is 0 Å². The number of hydrogen-bond donors (Lipinski definition) is 3. The highest BCUT2D eigenvalue weighted by Gasteiger charge is 2.44. The van der Waals surface area contributed by atoms with Crippen LogP contribution in [0.3, 0.4) is 0 Å². The maximum Gasteiger partial charge on any atom is 0.189 e. The van der Waals surface area contributed by atoms with Gasteiger partial charge in [-0.1, -0.05) is 38.3 Å². The first kappa shape index (κ1) is 25.4. The van der Waals surface area contributed by atoms with Crippen LogP contribution < -0.4 is 4.74 Å². The Morgan fingerprint density at radius 1 is 1.12 bits per heavy atom. The molecular formula is C26H41FO5. The van der Waals surface area contributed by atoms with E-state index >= 15 is 0 Å². The van der Waals surface area contributed by atoms with Gasteiger partial charge in [0.25, 0.3) is 0 Å². The fraction of sp³-hybridized carbons (Fsp3) is 0.769. The van der Waals surface area contributed by atoms with E-state index in [-0.39, 0.29) is 37.8 Å². The van der Waals surface area contributed by atoms with Crippen molar-refractivity contribution in [3.05, 3.63) is 29.3 Å². The average molecular weight is 453 g/mol. The zero-order valence-corrected chi connectivity index (χ0v) is 19.4. The van der Waals surface area contributed by atoms with Crippen molar-refractivity contribution in [2.75, 3.05) is 19.9 Å². The first-order valence-corrected chi connectivity index (χ1v) is 12.5. The molecule has 0 radical (unpaired) electrons. The maximum absolute atomic E-state index is 12.2. The summed E-state index contributed by atoms with van der Waals surface area (Å²) in [5.41, 5.74) is 2.41. The number of alkyl halides is 1. The fourth-order valence-corrected chi connectivity index (χ4v) is 5.58. The van der Waals surface area contributed by atoms with Gasteiger partial charge in [0.15, 0.2) is 6.29 Å². The third kappa shape index (κ3) is 6.89. The summed E-state index contributed by atoms with van der Waals surface area (Å²) in [6, 6.07) is 6.03. The summed E-state index contributed by atoms with van der Waals surface area (Å²) < 4.78 is 23.2. The number of fused-ring (bicyclic) bond motifs is 2. The van der Waals surface area contributed by atoms with E-state index in [0.717, 1.165) is 69.1 Å². The van der Waals surface area contributed by atoms with Crippen molar-refractivity contribution in [1.82, 2.24) is 0 Å². The smallest absolute Gasteiger partial charge is 0.189 e. The molecule has 1 saturated carbocycles. The molecule has 6 heteroatoms. The van der Waals surface area contributed by atoms with Crippen molar-refractivity contribution in [2.24, 2.45) is 17.8 Å². The molecular weight excluding hydrogens is 411 g/mol. The maximum atomic E-state index is 12.2. The number of benzene rings is 1. The molecule has 1 aromatic rings.